The zero-order chi connectivity index (χ0) is 11.8. The number of ether oxygens (including phenoxy) is 1. The molecule has 16 heavy (non-hydrogen) atoms. The minimum absolute atomic E-state index is 0.335. The molecule has 2 N–H and O–H groups in total. The highest BCUT2D eigenvalue weighted by Crippen LogP contribution is 1.93. The fraction of sp³-hybridized carbons (Fsp3) is 0.583. The fourth-order valence-electron chi connectivity index (χ4n) is 1.38. The smallest absolute Gasteiger partial charge is 0.124 e. The molecule has 0 unspecified atom stereocenters. The molecular formula is C12H20N2O2. The largest absolute Gasteiger partial charge is 0.389 e. The molecule has 0 aliphatic heterocycles. The highest BCUT2D eigenvalue weighted by atomic mass is 16.5. The van der Waals surface area contributed by atoms with E-state index in [1.165, 1.54) is 0 Å². The summed E-state index contributed by atoms with van der Waals surface area (Å²) in [5.41, 5.74) is 0.398. The summed E-state index contributed by atoms with van der Waals surface area (Å²) in [5, 5.41) is 17.3. The van der Waals surface area contributed by atoms with E-state index in [1.807, 2.05) is 12.1 Å². The number of aliphatic hydroxyl groups is 1. The Morgan fingerprint density at radius 2 is 2.31 bits per heavy atom. The van der Waals surface area contributed by atoms with Gasteiger partial charge in [-0.1, -0.05) is 19.4 Å². The summed E-state index contributed by atoms with van der Waals surface area (Å²) in [6.07, 6.45) is 3.36. The molecule has 0 fully saturated rings. The highest BCUT2D eigenvalue weighted by Gasteiger charge is 2.04. The first kappa shape index (κ1) is 12.9. The molecule has 0 saturated heterocycles. The predicted octanol–water partition coefficient (Wildman–Crippen LogP) is 1.15. The molecule has 90 valence electrons. The van der Waals surface area contributed by atoms with Gasteiger partial charge in [0.2, 0.25) is 0 Å². The molecule has 1 rings (SSSR count). The van der Waals surface area contributed by atoms with Crippen molar-refractivity contribution in [2.75, 3.05) is 13.2 Å². The summed E-state index contributed by atoms with van der Waals surface area (Å²) in [6, 6.07) is 5.36. The van der Waals surface area contributed by atoms with Gasteiger partial charge >= 0.3 is 0 Å². The molecule has 1 aromatic heterocycles. The van der Waals surface area contributed by atoms with Crippen LogP contribution in [0.2, 0.25) is 0 Å². The number of nitrogens with zero attached hydrogens (tertiary/aromatic N) is 1. The SMILES string of the molecule is CCCCOC[C@@H](O)Cn1ccccc1=N. The third kappa shape index (κ3) is 4.59. The van der Waals surface area contributed by atoms with E-state index in [9.17, 15) is 5.11 Å². The maximum absolute atomic E-state index is 9.70. The van der Waals surface area contributed by atoms with E-state index in [0.29, 0.717) is 25.2 Å². The lowest BCUT2D eigenvalue weighted by molar-refractivity contribution is 0.0264. The van der Waals surface area contributed by atoms with Crippen LogP contribution in [-0.2, 0) is 11.3 Å². The van der Waals surface area contributed by atoms with Crippen LogP contribution < -0.4 is 5.49 Å². The fourth-order valence-corrected chi connectivity index (χ4v) is 1.38. The van der Waals surface area contributed by atoms with Gasteiger partial charge in [-0.15, -0.1) is 0 Å². The van der Waals surface area contributed by atoms with E-state index in [2.05, 4.69) is 6.92 Å². The molecule has 0 amide bonds. The summed E-state index contributed by atoms with van der Waals surface area (Å²) in [7, 11) is 0. The Hall–Kier alpha value is -1.13. The van der Waals surface area contributed by atoms with E-state index >= 15 is 0 Å². The first-order valence-electron chi connectivity index (χ1n) is 5.70. The molecule has 0 spiro atoms. The van der Waals surface area contributed by atoms with E-state index in [4.69, 9.17) is 10.1 Å². The average molecular weight is 224 g/mol. The van der Waals surface area contributed by atoms with Gasteiger partial charge in [0.15, 0.2) is 0 Å². The van der Waals surface area contributed by atoms with Gasteiger partial charge in [0.05, 0.1) is 19.3 Å². The molecule has 0 bridgehead atoms. The Kier molecular flexibility index (Phi) is 5.82. The molecule has 0 radical (unpaired) electrons. The zero-order valence-corrected chi connectivity index (χ0v) is 9.72. The third-order valence-electron chi connectivity index (χ3n) is 2.30. The van der Waals surface area contributed by atoms with Crippen LogP contribution in [0.5, 0.6) is 0 Å². The minimum Gasteiger partial charge on any atom is -0.389 e. The second-order valence-corrected chi connectivity index (χ2v) is 3.82. The van der Waals surface area contributed by atoms with Crippen LogP contribution in [0, 0.1) is 5.41 Å². The quantitative estimate of drug-likeness (QED) is 0.682. The summed E-state index contributed by atoms with van der Waals surface area (Å²) in [4.78, 5) is 0. The Balaban J connectivity index is 2.31. The Morgan fingerprint density at radius 1 is 1.50 bits per heavy atom. The molecule has 0 aliphatic rings. The van der Waals surface area contributed by atoms with Crippen LogP contribution in [0.3, 0.4) is 0 Å². The van der Waals surface area contributed by atoms with E-state index in [0.717, 1.165) is 12.8 Å². The highest BCUT2D eigenvalue weighted by molar-refractivity contribution is 4.91. The van der Waals surface area contributed by atoms with Crippen molar-refractivity contribution in [3.05, 3.63) is 29.9 Å². The molecule has 4 nitrogen and oxygen atoms in total. The van der Waals surface area contributed by atoms with Crippen LogP contribution in [0.4, 0.5) is 0 Å². The number of aliphatic hydroxyl groups excluding tert-OH is 1. The van der Waals surface area contributed by atoms with Crippen molar-refractivity contribution in [2.24, 2.45) is 0 Å². The molecule has 1 aromatic rings. The monoisotopic (exact) mass is 224 g/mol. The van der Waals surface area contributed by atoms with Crippen molar-refractivity contribution in [1.82, 2.24) is 4.57 Å². The van der Waals surface area contributed by atoms with E-state index in [-0.39, 0.29) is 0 Å². The second-order valence-electron chi connectivity index (χ2n) is 3.82. The topological polar surface area (TPSA) is 58.2 Å². The maximum atomic E-state index is 9.70. The first-order valence-corrected chi connectivity index (χ1v) is 5.70. The van der Waals surface area contributed by atoms with Crippen LogP contribution in [0.25, 0.3) is 0 Å². The number of hydrogen-bond acceptors (Lipinski definition) is 3. The van der Waals surface area contributed by atoms with Crippen molar-refractivity contribution in [3.63, 3.8) is 0 Å². The van der Waals surface area contributed by atoms with Crippen LogP contribution >= 0.6 is 0 Å². The zero-order valence-electron chi connectivity index (χ0n) is 9.72. The van der Waals surface area contributed by atoms with Crippen molar-refractivity contribution in [3.8, 4) is 0 Å². The second kappa shape index (κ2) is 7.19. The minimum atomic E-state index is -0.548. The number of unbranched alkanes of at least 4 members (excludes halogenated alkanes) is 1. The number of aromatic nitrogens is 1. The van der Waals surface area contributed by atoms with Gasteiger partial charge in [-0.3, -0.25) is 5.41 Å². The molecular weight excluding hydrogens is 204 g/mol. The number of rotatable bonds is 7. The van der Waals surface area contributed by atoms with Crippen LogP contribution in [0.1, 0.15) is 19.8 Å². The summed E-state index contributed by atoms with van der Waals surface area (Å²) in [6.45, 7) is 3.54. The Labute approximate surface area is 96.0 Å². The molecule has 0 aromatic carbocycles. The normalized spacial score (nSPS) is 12.6. The van der Waals surface area contributed by atoms with Gasteiger partial charge in [-0.05, 0) is 18.6 Å². The molecule has 0 aliphatic carbocycles. The average Bonchev–Trinajstić information content (AvgIpc) is 2.28. The number of hydrogen-bond donors (Lipinski definition) is 2. The Bertz CT molecular complexity index is 349. The van der Waals surface area contributed by atoms with E-state index in [1.54, 1.807) is 16.8 Å². The van der Waals surface area contributed by atoms with Gasteiger partial charge in [0.25, 0.3) is 0 Å². The molecule has 1 atom stereocenters. The van der Waals surface area contributed by atoms with Crippen molar-refractivity contribution < 1.29 is 9.84 Å². The summed E-state index contributed by atoms with van der Waals surface area (Å²) >= 11 is 0. The van der Waals surface area contributed by atoms with Crippen LogP contribution in [-0.4, -0.2) is 29.0 Å². The lowest BCUT2D eigenvalue weighted by Gasteiger charge is -2.13. The number of nitrogens with one attached hydrogen (secondary N) is 1. The van der Waals surface area contributed by atoms with Gasteiger partial charge in [0.1, 0.15) is 5.49 Å². The molecule has 0 saturated carbocycles. The first-order chi connectivity index (χ1) is 7.74. The lowest BCUT2D eigenvalue weighted by Crippen LogP contribution is -2.28. The predicted molar refractivity (Wildman–Crippen MR) is 62.0 cm³/mol. The molecule has 4 heteroatoms. The summed E-state index contributed by atoms with van der Waals surface area (Å²) < 4.78 is 7.03. The van der Waals surface area contributed by atoms with Gasteiger partial charge in [-0.25, -0.2) is 0 Å². The summed E-state index contributed by atoms with van der Waals surface area (Å²) in [5.74, 6) is 0. The van der Waals surface area contributed by atoms with Crippen molar-refractivity contribution >= 4 is 0 Å². The van der Waals surface area contributed by atoms with Gasteiger partial charge < -0.3 is 14.4 Å². The third-order valence-corrected chi connectivity index (χ3v) is 2.30. The van der Waals surface area contributed by atoms with Gasteiger partial charge in [-0.2, -0.15) is 0 Å². The van der Waals surface area contributed by atoms with Crippen molar-refractivity contribution in [1.29, 1.82) is 5.41 Å². The van der Waals surface area contributed by atoms with Crippen LogP contribution in [0.15, 0.2) is 24.4 Å². The molecule has 1 heterocycles. The van der Waals surface area contributed by atoms with E-state index < -0.39 is 6.10 Å². The Morgan fingerprint density at radius 3 is 3.00 bits per heavy atom. The lowest BCUT2D eigenvalue weighted by atomic mass is 10.3. The standard InChI is InChI=1S/C12H20N2O2/c1-2-3-8-16-10-11(15)9-14-7-5-4-6-12(14)13/h4-7,11,13,15H,2-3,8-10H2,1H3/t11-/m0/s1. The number of pyridine rings is 1. The van der Waals surface area contributed by atoms with Crippen molar-refractivity contribution in [2.45, 2.75) is 32.4 Å². The maximum Gasteiger partial charge on any atom is 0.124 e. The van der Waals surface area contributed by atoms with Gasteiger partial charge in [0, 0.05) is 12.8 Å².